The van der Waals surface area contributed by atoms with Crippen LogP contribution in [-0.4, -0.2) is 28.1 Å². The minimum Gasteiger partial charge on any atom is -0.496 e. The second kappa shape index (κ2) is 5.17. The number of rotatable bonds is 4. The number of aromatic nitrogens is 2. The number of hydrogen-bond acceptors (Lipinski definition) is 5. The van der Waals surface area contributed by atoms with Gasteiger partial charge in [0, 0.05) is 12.1 Å². The molecule has 0 saturated carbocycles. The van der Waals surface area contributed by atoms with Crippen LogP contribution in [0.1, 0.15) is 10.4 Å². The number of carbonyl (C=O) groups excluding carboxylic acids is 1. The number of nitro groups is 1. The van der Waals surface area contributed by atoms with Crippen LogP contribution in [-0.2, 0) is 0 Å². The van der Waals surface area contributed by atoms with Crippen LogP contribution in [0.5, 0.6) is 5.75 Å². The first-order valence-electron chi connectivity index (χ1n) is 5.25. The first-order valence-corrected chi connectivity index (χ1v) is 5.25. The molecule has 1 aromatic carbocycles. The summed E-state index contributed by atoms with van der Waals surface area (Å²) in [5.74, 6) is 0.104. The lowest BCUT2D eigenvalue weighted by Gasteiger charge is -2.07. The van der Waals surface area contributed by atoms with Gasteiger partial charge in [0.05, 0.1) is 29.9 Å². The van der Waals surface area contributed by atoms with Crippen LogP contribution in [0.2, 0.25) is 0 Å². The van der Waals surface area contributed by atoms with E-state index in [4.69, 9.17) is 4.74 Å². The molecule has 1 amide bonds. The van der Waals surface area contributed by atoms with Crippen molar-refractivity contribution in [3.8, 4) is 5.75 Å². The van der Waals surface area contributed by atoms with Crippen LogP contribution < -0.4 is 10.1 Å². The number of non-ortho nitro benzene ring substituents is 1. The number of benzene rings is 1. The quantitative estimate of drug-likeness (QED) is 0.642. The molecule has 0 saturated heterocycles. The van der Waals surface area contributed by atoms with Gasteiger partial charge < -0.3 is 10.1 Å². The topological polar surface area (TPSA) is 110 Å². The summed E-state index contributed by atoms with van der Waals surface area (Å²) in [6.07, 6.45) is 1.49. The maximum atomic E-state index is 12.0. The van der Waals surface area contributed by atoms with Crippen molar-refractivity contribution in [3.05, 3.63) is 46.1 Å². The lowest BCUT2D eigenvalue weighted by Crippen LogP contribution is -2.13. The molecule has 0 atom stereocenters. The number of carbonyl (C=O) groups is 1. The van der Waals surface area contributed by atoms with Crippen molar-refractivity contribution in [2.75, 3.05) is 12.4 Å². The molecule has 0 aliphatic rings. The minimum absolute atomic E-state index is 0.131. The zero-order chi connectivity index (χ0) is 13.8. The summed E-state index contributed by atoms with van der Waals surface area (Å²) in [4.78, 5) is 22.1. The summed E-state index contributed by atoms with van der Waals surface area (Å²) in [7, 11) is 1.34. The van der Waals surface area contributed by atoms with Crippen LogP contribution in [0.25, 0.3) is 0 Å². The van der Waals surface area contributed by atoms with E-state index in [1.54, 1.807) is 6.07 Å². The van der Waals surface area contributed by atoms with Crippen molar-refractivity contribution in [3.63, 3.8) is 0 Å². The largest absolute Gasteiger partial charge is 0.496 e. The number of ether oxygens (including phenoxy) is 1. The third-order valence-electron chi connectivity index (χ3n) is 2.39. The average molecular weight is 262 g/mol. The van der Waals surface area contributed by atoms with Gasteiger partial charge in [-0.1, -0.05) is 0 Å². The Hall–Kier alpha value is -2.90. The third kappa shape index (κ3) is 2.68. The van der Waals surface area contributed by atoms with Crippen molar-refractivity contribution in [1.29, 1.82) is 0 Å². The highest BCUT2D eigenvalue weighted by Gasteiger charge is 2.17. The van der Waals surface area contributed by atoms with Crippen LogP contribution in [0.3, 0.4) is 0 Å². The molecular weight excluding hydrogens is 252 g/mol. The molecule has 2 N–H and O–H groups in total. The molecule has 0 aliphatic heterocycles. The second-order valence-electron chi connectivity index (χ2n) is 3.57. The molecule has 0 fully saturated rings. The highest BCUT2D eigenvalue weighted by Crippen LogP contribution is 2.25. The van der Waals surface area contributed by atoms with Crippen LogP contribution in [0.15, 0.2) is 30.5 Å². The molecule has 0 bridgehead atoms. The fraction of sp³-hybridized carbons (Fsp3) is 0.0909. The predicted octanol–water partition coefficient (Wildman–Crippen LogP) is 1.58. The first-order chi connectivity index (χ1) is 9.11. The lowest BCUT2D eigenvalue weighted by atomic mass is 10.1. The summed E-state index contributed by atoms with van der Waals surface area (Å²) in [6.45, 7) is 0. The van der Waals surface area contributed by atoms with Crippen molar-refractivity contribution < 1.29 is 14.5 Å². The van der Waals surface area contributed by atoms with E-state index in [2.05, 4.69) is 15.5 Å². The van der Waals surface area contributed by atoms with Gasteiger partial charge in [-0.05, 0) is 6.07 Å². The molecule has 8 heteroatoms. The summed E-state index contributed by atoms with van der Waals surface area (Å²) in [5, 5.41) is 19.5. The summed E-state index contributed by atoms with van der Waals surface area (Å²) >= 11 is 0. The first kappa shape index (κ1) is 12.6. The number of nitrogens with one attached hydrogen (secondary N) is 2. The number of methoxy groups -OCH3 is 1. The van der Waals surface area contributed by atoms with Gasteiger partial charge in [-0.3, -0.25) is 20.0 Å². The average Bonchev–Trinajstić information content (AvgIpc) is 2.90. The maximum absolute atomic E-state index is 12.0. The van der Waals surface area contributed by atoms with Gasteiger partial charge in [0.25, 0.3) is 11.6 Å². The van der Waals surface area contributed by atoms with Crippen molar-refractivity contribution in [1.82, 2.24) is 10.2 Å². The Balaban J connectivity index is 2.28. The van der Waals surface area contributed by atoms with Crippen molar-refractivity contribution in [2.24, 2.45) is 0 Å². The molecule has 2 rings (SSSR count). The molecule has 1 heterocycles. The molecule has 1 aromatic heterocycles. The molecule has 19 heavy (non-hydrogen) atoms. The van der Waals surface area contributed by atoms with E-state index in [1.807, 2.05) is 0 Å². The number of aromatic amines is 1. The highest BCUT2D eigenvalue weighted by atomic mass is 16.6. The van der Waals surface area contributed by atoms with Crippen LogP contribution in [0.4, 0.5) is 11.5 Å². The van der Waals surface area contributed by atoms with Gasteiger partial charge in [-0.25, -0.2) is 0 Å². The standard InChI is InChI=1S/C11H10N4O4/c1-19-9-6-7(15(17)18)2-3-8(9)11(16)13-10-4-5-12-14-10/h2-6H,1H3,(H2,12,13,14,16). The maximum Gasteiger partial charge on any atom is 0.273 e. The van der Waals surface area contributed by atoms with Crippen LogP contribution >= 0.6 is 0 Å². The SMILES string of the molecule is COc1cc([N+](=O)[O-])ccc1C(=O)Nc1ccn[nH]1. The van der Waals surface area contributed by atoms with E-state index in [0.29, 0.717) is 5.82 Å². The number of H-pyrrole nitrogens is 1. The lowest BCUT2D eigenvalue weighted by molar-refractivity contribution is -0.384. The highest BCUT2D eigenvalue weighted by molar-refractivity contribution is 6.05. The molecule has 0 spiro atoms. The Bertz CT molecular complexity index is 609. The van der Waals surface area contributed by atoms with E-state index < -0.39 is 10.8 Å². The minimum atomic E-state index is -0.556. The summed E-state index contributed by atoms with van der Waals surface area (Å²) < 4.78 is 4.99. The number of anilines is 1. The number of hydrogen-bond donors (Lipinski definition) is 2. The monoisotopic (exact) mass is 262 g/mol. The number of amides is 1. The molecular formula is C11H10N4O4. The van der Waals surface area contributed by atoms with Gasteiger partial charge in [0.15, 0.2) is 0 Å². The number of nitrogens with zero attached hydrogens (tertiary/aromatic N) is 2. The number of nitro benzene ring substituents is 1. The molecule has 2 aromatic rings. The Morgan fingerprint density at radius 3 is 2.84 bits per heavy atom. The molecule has 0 aliphatic carbocycles. The normalized spacial score (nSPS) is 9.95. The van der Waals surface area contributed by atoms with Gasteiger partial charge in [0.1, 0.15) is 11.6 Å². The molecule has 0 unspecified atom stereocenters. The smallest absolute Gasteiger partial charge is 0.273 e. The molecule has 0 radical (unpaired) electrons. The van der Waals surface area contributed by atoms with E-state index >= 15 is 0 Å². The van der Waals surface area contributed by atoms with E-state index in [0.717, 1.165) is 0 Å². The fourth-order valence-electron chi connectivity index (χ4n) is 1.50. The molecule has 98 valence electrons. The summed E-state index contributed by atoms with van der Waals surface area (Å²) in [5.41, 5.74) is 0.0534. The molecule has 8 nitrogen and oxygen atoms in total. The Morgan fingerprint density at radius 1 is 1.47 bits per heavy atom. The Kier molecular flexibility index (Phi) is 3.42. The van der Waals surface area contributed by atoms with Gasteiger partial charge in [0.2, 0.25) is 0 Å². The van der Waals surface area contributed by atoms with Crippen molar-refractivity contribution >= 4 is 17.4 Å². The third-order valence-corrected chi connectivity index (χ3v) is 2.39. The van der Waals surface area contributed by atoms with Crippen molar-refractivity contribution in [2.45, 2.75) is 0 Å². The fourth-order valence-corrected chi connectivity index (χ4v) is 1.50. The zero-order valence-electron chi connectivity index (χ0n) is 9.91. The Morgan fingerprint density at radius 2 is 2.26 bits per heavy atom. The van der Waals surface area contributed by atoms with E-state index in [1.165, 1.54) is 31.5 Å². The Labute approximate surface area is 107 Å². The zero-order valence-corrected chi connectivity index (χ0v) is 9.91. The van der Waals surface area contributed by atoms with E-state index in [9.17, 15) is 14.9 Å². The van der Waals surface area contributed by atoms with Gasteiger partial charge in [-0.2, -0.15) is 5.10 Å². The second-order valence-corrected chi connectivity index (χ2v) is 3.57. The van der Waals surface area contributed by atoms with Gasteiger partial charge in [-0.15, -0.1) is 0 Å². The van der Waals surface area contributed by atoms with E-state index in [-0.39, 0.29) is 17.0 Å². The van der Waals surface area contributed by atoms with Crippen LogP contribution in [0, 0.1) is 10.1 Å². The predicted molar refractivity (Wildman–Crippen MR) is 66.2 cm³/mol. The van der Waals surface area contributed by atoms with Gasteiger partial charge >= 0.3 is 0 Å². The summed E-state index contributed by atoms with van der Waals surface area (Å²) in [6, 6.07) is 5.35.